The molecule has 0 aliphatic carbocycles. The lowest BCUT2D eigenvalue weighted by molar-refractivity contribution is 0.0695. The summed E-state index contributed by atoms with van der Waals surface area (Å²) < 4.78 is 24.0. The molecule has 172 valence electrons. The smallest absolute Gasteiger partial charge is 0.335 e. The summed E-state index contributed by atoms with van der Waals surface area (Å²) in [4.78, 5) is 11.5. The Hall–Kier alpha value is -3.74. The number of anilines is 2. The van der Waals surface area contributed by atoms with Crippen LogP contribution in [0.15, 0.2) is 103 Å². The zero-order chi connectivity index (χ0) is 23.9. The van der Waals surface area contributed by atoms with Gasteiger partial charge < -0.3 is 5.11 Å². The highest BCUT2D eigenvalue weighted by molar-refractivity contribution is 7.81. The monoisotopic (exact) mass is 471 g/mol. The molecule has 0 aliphatic rings. The van der Waals surface area contributed by atoms with Gasteiger partial charge in [-0.2, -0.15) is 0 Å². The van der Waals surface area contributed by atoms with E-state index in [2.05, 4.69) is 0 Å². The lowest BCUT2D eigenvalue weighted by Crippen LogP contribution is -2.20. The summed E-state index contributed by atoms with van der Waals surface area (Å²) in [5.74, 6) is -0.934. The maximum atomic E-state index is 12.4. The van der Waals surface area contributed by atoms with Crippen molar-refractivity contribution < 1.29 is 18.7 Å². The Morgan fingerprint density at radius 3 is 1.94 bits per heavy atom. The maximum absolute atomic E-state index is 12.4. The minimum absolute atomic E-state index is 0.312. The Morgan fingerprint density at radius 2 is 1.26 bits per heavy atom. The topological polar surface area (TPSA) is 77.8 Å². The number of hydrogen-bond acceptors (Lipinski definition) is 2. The lowest BCUT2D eigenvalue weighted by atomic mass is 9.99. The van der Waals surface area contributed by atoms with Crippen LogP contribution in [-0.2, 0) is 24.1 Å². The second-order valence-electron chi connectivity index (χ2n) is 7.88. The fourth-order valence-corrected chi connectivity index (χ4v) is 4.72. The standard InChI is InChI=1S/C28H25NO4S/c30-28(31)26-15-6-4-11-23(26)13-8-14-24-12-5-7-16-27(24)29(34(32)33)25-19-17-22(18-20-25)21-9-2-1-3-10-21/h1-7,9-12,15-20H,8,13-14H2,(H,30,31)(H,32,33). The van der Waals surface area contributed by atoms with E-state index >= 15 is 0 Å². The van der Waals surface area contributed by atoms with Crippen LogP contribution in [0.5, 0.6) is 0 Å². The van der Waals surface area contributed by atoms with Gasteiger partial charge in [-0.3, -0.25) is 4.55 Å². The Kier molecular flexibility index (Phi) is 7.52. The number of carboxylic acid groups (broad SMARTS) is 1. The molecule has 4 aromatic rings. The van der Waals surface area contributed by atoms with Crippen molar-refractivity contribution in [3.8, 4) is 11.1 Å². The van der Waals surface area contributed by atoms with Crippen molar-refractivity contribution in [3.05, 3.63) is 120 Å². The molecule has 0 amide bonds. The molecule has 5 nitrogen and oxygen atoms in total. The van der Waals surface area contributed by atoms with Crippen molar-refractivity contribution in [2.24, 2.45) is 0 Å². The molecular formula is C28H25NO4S. The number of rotatable bonds is 9. The molecule has 0 saturated carbocycles. The van der Waals surface area contributed by atoms with E-state index in [4.69, 9.17) is 0 Å². The highest BCUT2D eigenvalue weighted by Gasteiger charge is 2.18. The minimum atomic E-state index is -2.26. The summed E-state index contributed by atoms with van der Waals surface area (Å²) in [5.41, 5.74) is 5.39. The molecule has 0 saturated heterocycles. The van der Waals surface area contributed by atoms with Crippen LogP contribution in [0.2, 0.25) is 0 Å². The highest BCUT2D eigenvalue weighted by atomic mass is 32.2. The van der Waals surface area contributed by atoms with Crippen LogP contribution in [-0.4, -0.2) is 19.8 Å². The van der Waals surface area contributed by atoms with E-state index < -0.39 is 17.2 Å². The number of aromatic carboxylic acids is 1. The molecule has 4 aromatic carbocycles. The maximum Gasteiger partial charge on any atom is 0.335 e. The third-order valence-corrected chi connectivity index (χ3v) is 6.44. The van der Waals surface area contributed by atoms with Gasteiger partial charge in [-0.1, -0.05) is 78.9 Å². The van der Waals surface area contributed by atoms with Gasteiger partial charge in [0.2, 0.25) is 0 Å². The van der Waals surface area contributed by atoms with Crippen LogP contribution in [0.4, 0.5) is 11.4 Å². The predicted molar refractivity (Wildman–Crippen MR) is 137 cm³/mol. The molecule has 4 rings (SSSR count). The number of carboxylic acids is 1. The van der Waals surface area contributed by atoms with Crippen LogP contribution in [0.25, 0.3) is 11.1 Å². The summed E-state index contributed by atoms with van der Waals surface area (Å²) in [6, 6.07) is 32.1. The van der Waals surface area contributed by atoms with Gasteiger partial charge in [0.1, 0.15) is 0 Å². The number of carbonyl (C=O) groups is 1. The fourth-order valence-electron chi connectivity index (χ4n) is 4.07. The number of aryl methyl sites for hydroxylation is 2. The average molecular weight is 472 g/mol. The normalized spacial score (nSPS) is 11.7. The molecule has 0 radical (unpaired) electrons. The van der Waals surface area contributed by atoms with Gasteiger partial charge in [0.15, 0.2) is 0 Å². The second kappa shape index (κ2) is 10.9. The first kappa shape index (κ1) is 23.4. The molecular weight excluding hydrogens is 446 g/mol. The van der Waals surface area contributed by atoms with Crippen LogP contribution < -0.4 is 4.31 Å². The molecule has 0 fully saturated rings. The van der Waals surface area contributed by atoms with Crippen LogP contribution in [0, 0.1) is 0 Å². The molecule has 2 N–H and O–H groups in total. The first-order chi connectivity index (χ1) is 16.5. The van der Waals surface area contributed by atoms with E-state index in [0.717, 1.165) is 22.3 Å². The third-order valence-electron chi connectivity index (χ3n) is 5.72. The molecule has 0 bridgehead atoms. The first-order valence-corrected chi connectivity index (χ1v) is 12.1. The summed E-state index contributed by atoms with van der Waals surface area (Å²) in [7, 11) is 0. The number of para-hydroxylation sites is 1. The Morgan fingerprint density at radius 1 is 0.706 bits per heavy atom. The molecule has 34 heavy (non-hydrogen) atoms. The number of hydrogen-bond donors (Lipinski definition) is 2. The predicted octanol–water partition coefficient (Wildman–Crippen LogP) is 6.50. The quantitative estimate of drug-likeness (QED) is 0.273. The molecule has 0 aromatic heterocycles. The van der Waals surface area contributed by atoms with E-state index in [0.29, 0.717) is 36.2 Å². The van der Waals surface area contributed by atoms with E-state index in [1.807, 2.05) is 91.0 Å². The second-order valence-corrected chi connectivity index (χ2v) is 8.71. The van der Waals surface area contributed by atoms with Crippen molar-refractivity contribution in [1.82, 2.24) is 0 Å². The average Bonchev–Trinajstić information content (AvgIpc) is 2.86. The lowest BCUT2D eigenvalue weighted by Gasteiger charge is -2.23. The van der Waals surface area contributed by atoms with Gasteiger partial charge in [0, 0.05) is 0 Å². The van der Waals surface area contributed by atoms with E-state index in [1.165, 1.54) is 4.31 Å². The number of benzene rings is 4. The van der Waals surface area contributed by atoms with Gasteiger partial charge in [0.25, 0.3) is 11.3 Å². The SMILES string of the molecule is O=C(O)c1ccccc1CCCc1ccccc1N(c1ccc(-c2ccccc2)cc1)S(=O)O. The minimum Gasteiger partial charge on any atom is -0.478 e. The largest absolute Gasteiger partial charge is 0.478 e. The summed E-state index contributed by atoms with van der Waals surface area (Å²) in [6.07, 6.45) is 1.95. The molecule has 1 atom stereocenters. The molecule has 1 unspecified atom stereocenters. The molecule has 0 aliphatic heterocycles. The Bertz CT molecular complexity index is 1290. The van der Waals surface area contributed by atoms with E-state index in [-0.39, 0.29) is 0 Å². The van der Waals surface area contributed by atoms with Gasteiger partial charge in [-0.25, -0.2) is 13.3 Å². The van der Waals surface area contributed by atoms with Crippen LogP contribution in [0.3, 0.4) is 0 Å². The summed E-state index contributed by atoms with van der Waals surface area (Å²) >= 11 is -2.26. The molecule has 6 heteroatoms. The Balaban J connectivity index is 1.56. The van der Waals surface area contributed by atoms with Crippen molar-refractivity contribution in [2.45, 2.75) is 19.3 Å². The third kappa shape index (κ3) is 5.42. The summed E-state index contributed by atoms with van der Waals surface area (Å²) in [6.45, 7) is 0. The highest BCUT2D eigenvalue weighted by Crippen LogP contribution is 2.32. The van der Waals surface area contributed by atoms with E-state index in [9.17, 15) is 18.7 Å². The van der Waals surface area contributed by atoms with Crippen molar-refractivity contribution in [2.75, 3.05) is 4.31 Å². The first-order valence-electron chi connectivity index (χ1n) is 11.0. The number of nitrogens with zero attached hydrogens (tertiary/aromatic N) is 1. The fraction of sp³-hybridized carbons (Fsp3) is 0.107. The zero-order valence-corrected chi connectivity index (χ0v) is 19.3. The molecule has 0 spiro atoms. The van der Waals surface area contributed by atoms with Crippen LogP contribution in [0.1, 0.15) is 27.9 Å². The zero-order valence-electron chi connectivity index (χ0n) is 18.5. The van der Waals surface area contributed by atoms with Crippen molar-refractivity contribution >= 4 is 28.6 Å². The summed E-state index contributed by atoms with van der Waals surface area (Å²) in [5, 5.41) is 9.41. The Labute approximate surface area is 201 Å². The van der Waals surface area contributed by atoms with Gasteiger partial charge >= 0.3 is 5.97 Å². The van der Waals surface area contributed by atoms with Crippen molar-refractivity contribution in [3.63, 3.8) is 0 Å². The van der Waals surface area contributed by atoms with Crippen LogP contribution >= 0.6 is 0 Å². The van der Waals surface area contributed by atoms with E-state index in [1.54, 1.807) is 12.1 Å². The van der Waals surface area contributed by atoms with Gasteiger partial charge in [-0.05, 0) is 65.8 Å². The molecule has 0 heterocycles. The van der Waals surface area contributed by atoms with Gasteiger partial charge in [0.05, 0.1) is 16.9 Å². The van der Waals surface area contributed by atoms with Crippen molar-refractivity contribution in [1.29, 1.82) is 0 Å². The van der Waals surface area contributed by atoms with Gasteiger partial charge in [-0.15, -0.1) is 0 Å².